The highest BCUT2D eigenvalue weighted by Gasteiger charge is 2.24. The van der Waals surface area contributed by atoms with Gasteiger partial charge in [-0.2, -0.15) is 0 Å². The molecular formula is C14H30N2. The van der Waals surface area contributed by atoms with Crippen molar-refractivity contribution in [3.05, 3.63) is 0 Å². The lowest BCUT2D eigenvalue weighted by Gasteiger charge is -2.29. The molecule has 1 fully saturated rings. The predicted molar refractivity (Wildman–Crippen MR) is 71.8 cm³/mol. The molecule has 1 rings (SSSR count). The molecule has 0 heterocycles. The van der Waals surface area contributed by atoms with Gasteiger partial charge in [-0.15, -0.1) is 0 Å². The van der Waals surface area contributed by atoms with Crippen LogP contribution in [0.25, 0.3) is 0 Å². The summed E-state index contributed by atoms with van der Waals surface area (Å²) in [5, 5.41) is 3.52. The smallest absolute Gasteiger partial charge is 0.0220 e. The van der Waals surface area contributed by atoms with E-state index in [1.807, 2.05) is 0 Å². The van der Waals surface area contributed by atoms with Crippen molar-refractivity contribution in [2.75, 3.05) is 27.2 Å². The summed E-state index contributed by atoms with van der Waals surface area (Å²) in [5.41, 5.74) is 0. The van der Waals surface area contributed by atoms with Gasteiger partial charge in [-0.3, -0.25) is 0 Å². The molecule has 1 aliphatic carbocycles. The lowest BCUT2D eigenvalue weighted by Crippen LogP contribution is -2.43. The summed E-state index contributed by atoms with van der Waals surface area (Å²) in [4.78, 5) is 2.51. The van der Waals surface area contributed by atoms with Gasteiger partial charge in [-0.1, -0.05) is 33.1 Å². The average molecular weight is 226 g/mol. The van der Waals surface area contributed by atoms with Crippen LogP contribution in [-0.4, -0.2) is 38.1 Å². The van der Waals surface area contributed by atoms with Crippen LogP contribution in [0.4, 0.5) is 0 Å². The van der Waals surface area contributed by atoms with E-state index < -0.39 is 0 Å². The Kier molecular flexibility index (Phi) is 6.37. The molecule has 1 saturated carbocycles. The third kappa shape index (κ3) is 4.42. The summed E-state index contributed by atoms with van der Waals surface area (Å²) in [6.07, 6.45) is 7.04. The summed E-state index contributed by atoms with van der Waals surface area (Å²) in [5.74, 6) is 1.75. The van der Waals surface area contributed by atoms with Crippen LogP contribution in [0, 0.1) is 11.8 Å². The molecule has 0 aromatic rings. The predicted octanol–water partition coefficient (Wildman–Crippen LogP) is 2.74. The zero-order valence-electron chi connectivity index (χ0n) is 11.6. The Bertz CT molecular complexity index is 176. The van der Waals surface area contributed by atoms with Gasteiger partial charge in [0.1, 0.15) is 0 Å². The van der Waals surface area contributed by atoms with E-state index >= 15 is 0 Å². The summed E-state index contributed by atoms with van der Waals surface area (Å²) in [6, 6.07) is 0.705. The average Bonchev–Trinajstić information content (AvgIpc) is 2.79. The number of nitrogens with zero attached hydrogens (tertiary/aromatic N) is 1. The van der Waals surface area contributed by atoms with Gasteiger partial charge in [0.2, 0.25) is 0 Å². The van der Waals surface area contributed by atoms with Gasteiger partial charge in [0.15, 0.2) is 0 Å². The molecule has 96 valence electrons. The first-order valence-corrected chi connectivity index (χ1v) is 7.03. The lowest BCUT2D eigenvalue weighted by atomic mass is 9.97. The molecule has 2 unspecified atom stereocenters. The monoisotopic (exact) mass is 226 g/mol. The molecule has 2 heteroatoms. The van der Waals surface area contributed by atoms with Crippen molar-refractivity contribution < 1.29 is 0 Å². The molecule has 0 bridgehead atoms. The number of nitrogens with one attached hydrogen (secondary N) is 1. The van der Waals surface area contributed by atoms with Crippen molar-refractivity contribution in [3.63, 3.8) is 0 Å². The van der Waals surface area contributed by atoms with E-state index in [2.05, 4.69) is 38.2 Å². The summed E-state index contributed by atoms with van der Waals surface area (Å²) in [7, 11) is 4.39. The zero-order valence-corrected chi connectivity index (χ0v) is 11.6. The van der Waals surface area contributed by atoms with Gasteiger partial charge in [-0.05, 0) is 38.8 Å². The van der Waals surface area contributed by atoms with E-state index in [-0.39, 0.29) is 0 Å². The summed E-state index contributed by atoms with van der Waals surface area (Å²) >= 11 is 0. The topological polar surface area (TPSA) is 15.3 Å². The molecule has 0 amide bonds. The van der Waals surface area contributed by atoms with Crippen molar-refractivity contribution in [1.82, 2.24) is 10.2 Å². The van der Waals surface area contributed by atoms with Gasteiger partial charge in [0.25, 0.3) is 0 Å². The lowest BCUT2D eigenvalue weighted by molar-refractivity contribution is 0.223. The number of likely N-dealkylation sites (N-methyl/N-ethyl adjacent to an activating group) is 2. The molecule has 0 radical (unpaired) electrons. The molecule has 0 saturated heterocycles. The number of rotatable bonds is 7. The van der Waals surface area contributed by atoms with E-state index in [0.29, 0.717) is 6.04 Å². The Labute approximate surface area is 102 Å². The molecular weight excluding hydrogens is 196 g/mol. The minimum atomic E-state index is 0.705. The van der Waals surface area contributed by atoms with E-state index in [4.69, 9.17) is 0 Å². The Morgan fingerprint density at radius 1 is 1.25 bits per heavy atom. The first-order valence-electron chi connectivity index (χ1n) is 7.03. The first-order chi connectivity index (χ1) is 7.67. The fourth-order valence-corrected chi connectivity index (χ4v) is 2.91. The van der Waals surface area contributed by atoms with E-state index in [1.54, 1.807) is 0 Å². The van der Waals surface area contributed by atoms with E-state index in [9.17, 15) is 0 Å². The zero-order chi connectivity index (χ0) is 12.0. The van der Waals surface area contributed by atoms with Crippen LogP contribution in [-0.2, 0) is 0 Å². The Balaban J connectivity index is 2.31. The van der Waals surface area contributed by atoms with Crippen molar-refractivity contribution in [3.8, 4) is 0 Å². The second-order valence-electron chi connectivity index (χ2n) is 5.67. The van der Waals surface area contributed by atoms with Gasteiger partial charge in [-0.25, -0.2) is 0 Å². The summed E-state index contributed by atoms with van der Waals surface area (Å²) < 4.78 is 0. The molecule has 0 aromatic carbocycles. The standard InChI is InChI=1S/C14H30N2/c1-5-12(2)10-16(4)11-14(15-3)13-8-6-7-9-13/h12-15H,5-11H2,1-4H3. The Morgan fingerprint density at radius 3 is 2.38 bits per heavy atom. The van der Waals surface area contributed by atoms with Crippen LogP contribution in [0.5, 0.6) is 0 Å². The van der Waals surface area contributed by atoms with Crippen LogP contribution in [0.15, 0.2) is 0 Å². The van der Waals surface area contributed by atoms with Gasteiger partial charge < -0.3 is 10.2 Å². The highest BCUT2D eigenvalue weighted by Crippen LogP contribution is 2.27. The van der Waals surface area contributed by atoms with Crippen molar-refractivity contribution in [2.45, 2.75) is 52.0 Å². The fraction of sp³-hybridized carbons (Fsp3) is 1.00. The molecule has 16 heavy (non-hydrogen) atoms. The van der Waals surface area contributed by atoms with Crippen LogP contribution >= 0.6 is 0 Å². The molecule has 1 N–H and O–H groups in total. The maximum atomic E-state index is 3.52. The van der Waals surface area contributed by atoms with Crippen LogP contribution in [0.3, 0.4) is 0 Å². The van der Waals surface area contributed by atoms with Crippen LogP contribution in [0.2, 0.25) is 0 Å². The normalized spacial score (nSPS) is 21.6. The summed E-state index contributed by atoms with van der Waals surface area (Å²) in [6.45, 7) is 7.08. The molecule has 2 atom stereocenters. The van der Waals surface area contributed by atoms with Crippen molar-refractivity contribution in [1.29, 1.82) is 0 Å². The third-order valence-corrected chi connectivity index (χ3v) is 4.17. The van der Waals surface area contributed by atoms with Crippen molar-refractivity contribution >= 4 is 0 Å². The SMILES string of the molecule is CCC(C)CN(C)CC(NC)C1CCCC1. The second kappa shape index (κ2) is 7.29. The molecule has 0 aromatic heterocycles. The first kappa shape index (κ1) is 14.0. The highest BCUT2D eigenvalue weighted by atomic mass is 15.1. The quantitative estimate of drug-likeness (QED) is 0.718. The van der Waals surface area contributed by atoms with Crippen LogP contribution < -0.4 is 5.32 Å². The van der Waals surface area contributed by atoms with Gasteiger partial charge >= 0.3 is 0 Å². The highest BCUT2D eigenvalue weighted by molar-refractivity contribution is 4.81. The maximum Gasteiger partial charge on any atom is 0.0220 e. The minimum Gasteiger partial charge on any atom is -0.315 e. The molecule has 0 spiro atoms. The number of hydrogen-bond donors (Lipinski definition) is 1. The number of hydrogen-bond acceptors (Lipinski definition) is 2. The largest absolute Gasteiger partial charge is 0.315 e. The molecule has 1 aliphatic rings. The van der Waals surface area contributed by atoms with Crippen molar-refractivity contribution in [2.24, 2.45) is 11.8 Å². The van der Waals surface area contributed by atoms with E-state index in [0.717, 1.165) is 11.8 Å². The molecule has 0 aliphatic heterocycles. The Hall–Kier alpha value is -0.0800. The van der Waals surface area contributed by atoms with Gasteiger partial charge in [0.05, 0.1) is 0 Å². The third-order valence-electron chi connectivity index (χ3n) is 4.17. The maximum absolute atomic E-state index is 3.52. The van der Waals surface area contributed by atoms with E-state index in [1.165, 1.54) is 45.2 Å². The second-order valence-corrected chi connectivity index (χ2v) is 5.67. The molecule has 2 nitrogen and oxygen atoms in total. The minimum absolute atomic E-state index is 0.705. The Morgan fingerprint density at radius 2 is 1.88 bits per heavy atom. The van der Waals surface area contributed by atoms with Crippen LogP contribution in [0.1, 0.15) is 46.0 Å². The fourth-order valence-electron chi connectivity index (χ4n) is 2.91. The van der Waals surface area contributed by atoms with Gasteiger partial charge in [0, 0.05) is 19.1 Å².